The van der Waals surface area contributed by atoms with Crippen LogP contribution in [-0.2, 0) is 14.3 Å². The van der Waals surface area contributed by atoms with E-state index in [1.165, 1.54) is 0 Å². The maximum Gasteiger partial charge on any atom is 0.408 e. The minimum absolute atomic E-state index is 0.0185. The van der Waals surface area contributed by atoms with E-state index in [-0.39, 0.29) is 24.4 Å². The first-order valence-corrected chi connectivity index (χ1v) is 12.3. The molecule has 7 heteroatoms. The molecule has 190 valence electrons. The molecule has 0 aromatic heterocycles. The second-order valence-electron chi connectivity index (χ2n) is 9.62. The van der Waals surface area contributed by atoms with Gasteiger partial charge >= 0.3 is 6.09 Å². The van der Waals surface area contributed by atoms with E-state index in [0.717, 1.165) is 37.7 Å². The number of carbonyl (C=O) groups is 3. The van der Waals surface area contributed by atoms with Gasteiger partial charge in [-0.3, -0.25) is 9.59 Å². The first-order valence-electron chi connectivity index (χ1n) is 12.3. The summed E-state index contributed by atoms with van der Waals surface area (Å²) < 4.78 is 5.26. The van der Waals surface area contributed by atoms with Gasteiger partial charge in [0.25, 0.3) is 0 Å². The Morgan fingerprint density at radius 2 is 1.85 bits per heavy atom. The smallest absolute Gasteiger partial charge is 0.408 e. The normalized spacial score (nSPS) is 12.9. The number of rotatable bonds is 13. The summed E-state index contributed by atoms with van der Waals surface area (Å²) in [5.74, 6) is -0.571. The zero-order valence-corrected chi connectivity index (χ0v) is 21.8. The fourth-order valence-corrected chi connectivity index (χ4v) is 3.65. The van der Waals surface area contributed by atoms with Crippen molar-refractivity contribution >= 4 is 24.0 Å². The third kappa shape index (κ3) is 10.4. The highest BCUT2D eigenvalue weighted by Gasteiger charge is 2.32. The van der Waals surface area contributed by atoms with Crippen LogP contribution in [0.4, 0.5) is 4.79 Å². The van der Waals surface area contributed by atoms with Crippen molar-refractivity contribution in [3.05, 3.63) is 42.0 Å². The Hall–Kier alpha value is -2.83. The summed E-state index contributed by atoms with van der Waals surface area (Å²) >= 11 is 0. The van der Waals surface area contributed by atoms with Crippen LogP contribution in [-0.4, -0.2) is 47.5 Å². The molecule has 0 spiro atoms. The number of unbranched alkanes of at least 4 members (excludes halogenated alkanes) is 2. The van der Waals surface area contributed by atoms with Gasteiger partial charge in [-0.05, 0) is 57.7 Å². The van der Waals surface area contributed by atoms with Crippen LogP contribution >= 0.6 is 0 Å². The summed E-state index contributed by atoms with van der Waals surface area (Å²) in [4.78, 5) is 40.5. The summed E-state index contributed by atoms with van der Waals surface area (Å²) in [6.07, 6.45) is 5.49. The molecule has 0 radical (unpaired) electrons. The second kappa shape index (κ2) is 14.4. The minimum atomic E-state index is -0.816. The van der Waals surface area contributed by atoms with Crippen LogP contribution in [0, 0.1) is 0 Å². The van der Waals surface area contributed by atoms with Crippen molar-refractivity contribution in [2.45, 2.75) is 91.3 Å². The number of benzene rings is 1. The molecule has 3 amide bonds. The Labute approximate surface area is 205 Å². The molecule has 2 atom stereocenters. The molecule has 0 aliphatic heterocycles. The fourth-order valence-electron chi connectivity index (χ4n) is 3.65. The van der Waals surface area contributed by atoms with E-state index in [0.29, 0.717) is 12.1 Å². The van der Waals surface area contributed by atoms with E-state index in [4.69, 9.17) is 4.74 Å². The molecule has 7 nitrogen and oxygen atoms in total. The van der Waals surface area contributed by atoms with Crippen LogP contribution in [0.25, 0.3) is 6.08 Å². The van der Waals surface area contributed by atoms with Crippen molar-refractivity contribution in [2.75, 3.05) is 13.1 Å². The highest BCUT2D eigenvalue weighted by Crippen LogP contribution is 2.24. The van der Waals surface area contributed by atoms with Crippen molar-refractivity contribution in [3.63, 3.8) is 0 Å². The number of nitrogens with zero attached hydrogens (tertiary/aromatic N) is 1. The van der Waals surface area contributed by atoms with E-state index in [1.54, 1.807) is 31.7 Å². The number of hydrogen-bond acceptors (Lipinski definition) is 4. The average molecular weight is 474 g/mol. The summed E-state index contributed by atoms with van der Waals surface area (Å²) in [6, 6.07) is 6.65. The second-order valence-corrected chi connectivity index (χ2v) is 9.62. The molecular weight excluding hydrogens is 430 g/mol. The monoisotopic (exact) mass is 473 g/mol. The molecule has 0 saturated heterocycles. The quantitative estimate of drug-likeness (QED) is 0.385. The van der Waals surface area contributed by atoms with Gasteiger partial charge in [0, 0.05) is 12.6 Å². The van der Waals surface area contributed by atoms with Gasteiger partial charge in [0.15, 0.2) is 0 Å². The highest BCUT2D eigenvalue weighted by molar-refractivity contribution is 5.90. The van der Waals surface area contributed by atoms with E-state index >= 15 is 0 Å². The molecule has 0 heterocycles. The fraction of sp³-hybridized carbons (Fsp3) is 0.593. The van der Waals surface area contributed by atoms with Gasteiger partial charge < -0.3 is 20.3 Å². The van der Waals surface area contributed by atoms with Gasteiger partial charge in [0.05, 0.1) is 0 Å². The van der Waals surface area contributed by atoms with Crippen molar-refractivity contribution < 1.29 is 19.1 Å². The van der Waals surface area contributed by atoms with Crippen LogP contribution in [0.5, 0.6) is 0 Å². The number of alkyl carbamates (subject to hydrolysis) is 1. The molecule has 34 heavy (non-hydrogen) atoms. The van der Waals surface area contributed by atoms with Crippen molar-refractivity contribution in [1.82, 2.24) is 15.5 Å². The van der Waals surface area contributed by atoms with Crippen LogP contribution in [0.3, 0.4) is 0 Å². The number of amides is 3. The summed E-state index contributed by atoms with van der Waals surface area (Å²) in [5, 5.41) is 5.61. The zero-order valence-electron chi connectivity index (χ0n) is 21.8. The van der Waals surface area contributed by atoms with Gasteiger partial charge in [-0.15, -0.1) is 0 Å². The molecule has 2 unspecified atom stereocenters. The summed E-state index contributed by atoms with van der Waals surface area (Å²) in [7, 11) is 0. The molecular formula is C27H43N3O4. The molecule has 0 saturated carbocycles. The predicted molar refractivity (Wildman–Crippen MR) is 137 cm³/mol. The van der Waals surface area contributed by atoms with Gasteiger partial charge in [0.2, 0.25) is 11.8 Å². The van der Waals surface area contributed by atoms with Crippen molar-refractivity contribution in [2.24, 2.45) is 0 Å². The zero-order chi connectivity index (χ0) is 25.7. The maximum atomic E-state index is 13.5. The highest BCUT2D eigenvalue weighted by atomic mass is 16.6. The molecule has 0 bridgehead atoms. The Morgan fingerprint density at radius 3 is 2.44 bits per heavy atom. The lowest BCUT2D eigenvalue weighted by Gasteiger charge is -2.33. The Kier molecular flexibility index (Phi) is 12.4. The Morgan fingerprint density at radius 1 is 1.15 bits per heavy atom. The molecule has 1 rings (SSSR count). The number of ether oxygens (including phenoxy) is 1. The summed E-state index contributed by atoms with van der Waals surface area (Å²) in [6.45, 7) is 15.4. The third-order valence-electron chi connectivity index (χ3n) is 5.24. The van der Waals surface area contributed by atoms with Gasteiger partial charge in [-0.1, -0.05) is 64.0 Å². The number of nitrogens with one attached hydrogen (secondary N) is 2. The summed E-state index contributed by atoms with van der Waals surface area (Å²) in [5.41, 5.74) is 0.905. The lowest BCUT2D eigenvalue weighted by Crippen LogP contribution is -2.49. The first kappa shape index (κ1) is 29.2. The van der Waals surface area contributed by atoms with Crippen molar-refractivity contribution in [1.29, 1.82) is 0 Å². The SMILES string of the molecule is C=Cc1cccc(C(C(=O)NC(C)CCC)N(CCCCC)C(=O)CNC(=O)OC(C)(C)C)c1. The topological polar surface area (TPSA) is 87.7 Å². The van der Waals surface area contributed by atoms with E-state index in [9.17, 15) is 14.4 Å². The van der Waals surface area contributed by atoms with Gasteiger partial charge in [-0.25, -0.2) is 4.79 Å². The first-order chi connectivity index (χ1) is 16.0. The van der Waals surface area contributed by atoms with E-state index in [2.05, 4.69) is 31.1 Å². The van der Waals surface area contributed by atoms with E-state index in [1.807, 2.05) is 31.2 Å². The molecule has 2 N–H and O–H groups in total. The van der Waals surface area contributed by atoms with Crippen LogP contribution in [0.1, 0.15) is 90.8 Å². The van der Waals surface area contributed by atoms with Crippen LogP contribution in [0.15, 0.2) is 30.8 Å². The van der Waals surface area contributed by atoms with Crippen LogP contribution < -0.4 is 10.6 Å². The van der Waals surface area contributed by atoms with E-state index < -0.39 is 17.7 Å². The molecule has 1 aromatic carbocycles. The Balaban J connectivity index is 3.26. The number of carbonyl (C=O) groups excluding carboxylic acids is 3. The standard InChI is InChI=1S/C27H43N3O4/c1-8-11-12-17-30(23(31)19-28-26(33)34-27(5,6)7)24(25(32)29-20(4)14-9-2)22-16-13-15-21(10-3)18-22/h10,13,15-16,18,20,24H,3,8-9,11-12,14,17,19H2,1-2,4-7H3,(H,28,33)(H,29,32). The molecule has 1 aromatic rings. The van der Waals surface area contributed by atoms with Crippen molar-refractivity contribution in [3.8, 4) is 0 Å². The maximum absolute atomic E-state index is 13.5. The van der Waals surface area contributed by atoms with Crippen LogP contribution in [0.2, 0.25) is 0 Å². The number of hydrogen-bond donors (Lipinski definition) is 2. The molecule has 0 fully saturated rings. The molecule has 0 aliphatic rings. The average Bonchev–Trinajstić information content (AvgIpc) is 2.76. The lowest BCUT2D eigenvalue weighted by molar-refractivity contribution is -0.140. The largest absolute Gasteiger partial charge is 0.444 e. The lowest BCUT2D eigenvalue weighted by atomic mass is 10.00. The molecule has 0 aliphatic carbocycles. The third-order valence-corrected chi connectivity index (χ3v) is 5.24. The predicted octanol–water partition coefficient (Wildman–Crippen LogP) is 5.22. The minimum Gasteiger partial charge on any atom is -0.444 e. The van der Waals surface area contributed by atoms with Gasteiger partial charge in [-0.2, -0.15) is 0 Å². The van der Waals surface area contributed by atoms with Gasteiger partial charge in [0.1, 0.15) is 18.2 Å². The Bertz CT molecular complexity index is 816.